The SMILES string of the molecule is COc1ccc(-c2cc(C(=O)OCC(=O)NC3CCCCC3)c3c(C)nn(-c4ccccc4)c3n2)cc1. The van der Waals surface area contributed by atoms with Gasteiger partial charge in [0.2, 0.25) is 0 Å². The van der Waals surface area contributed by atoms with E-state index in [9.17, 15) is 9.59 Å². The normalized spacial score (nSPS) is 13.9. The minimum Gasteiger partial charge on any atom is -0.497 e. The number of ether oxygens (including phenoxy) is 2. The molecule has 8 nitrogen and oxygen atoms in total. The van der Waals surface area contributed by atoms with Crippen LogP contribution in [0.15, 0.2) is 60.7 Å². The minimum absolute atomic E-state index is 0.153. The molecule has 0 saturated heterocycles. The number of hydrogen-bond acceptors (Lipinski definition) is 6. The lowest BCUT2D eigenvalue weighted by molar-refractivity contribution is -0.125. The van der Waals surface area contributed by atoms with E-state index in [2.05, 4.69) is 10.4 Å². The molecule has 1 saturated carbocycles. The third-order valence-corrected chi connectivity index (χ3v) is 6.72. The number of carbonyl (C=O) groups excluding carboxylic acids is 2. The first-order chi connectivity index (χ1) is 18.0. The number of hydrogen-bond donors (Lipinski definition) is 1. The number of fused-ring (bicyclic) bond motifs is 1. The number of carbonyl (C=O) groups is 2. The Hall–Kier alpha value is -4.20. The number of para-hydroxylation sites is 1. The van der Waals surface area contributed by atoms with E-state index in [1.54, 1.807) is 17.9 Å². The summed E-state index contributed by atoms with van der Waals surface area (Å²) in [6.07, 6.45) is 5.35. The zero-order chi connectivity index (χ0) is 25.8. The Balaban J connectivity index is 1.50. The Kier molecular flexibility index (Phi) is 7.16. The summed E-state index contributed by atoms with van der Waals surface area (Å²) < 4.78 is 12.5. The van der Waals surface area contributed by atoms with E-state index in [0.717, 1.165) is 42.7 Å². The van der Waals surface area contributed by atoms with E-state index in [1.807, 2.05) is 61.5 Å². The number of amides is 1. The van der Waals surface area contributed by atoms with E-state index in [0.29, 0.717) is 28.0 Å². The predicted octanol–water partition coefficient (Wildman–Crippen LogP) is 5.01. The molecule has 0 unspecified atom stereocenters. The molecular weight excluding hydrogens is 468 g/mol. The van der Waals surface area contributed by atoms with Crippen molar-refractivity contribution in [1.29, 1.82) is 0 Å². The predicted molar refractivity (Wildman–Crippen MR) is 141 cm³/mol. The smallest absolute Gasteiger partial charge is 0.339 e. The molecule has 4 aromatic rings. The second-order valence-electron chi connectivity index (χ2n) is 9.29. The molecule has 1 fully saturated rings. The highest BCUT2D eigenvalue weighted by atomic mass is 16.5. The third kappa shape index (κ3) is 5.33. The number of nitrogens with zero attached hydrogens (tertiary/aromatic N) is 3. The fraction of sp³-hybridized carbons (Fsp3) is 0.310. The molecule has 2 aromatic heterocycles. The second-order valence-corrected chi connectivity index (χ2v) is 9.29. The zero-order valence-corrected chi connectivity index (χ0v) is 21.1. The van der Waals surface area contributed by atoms with Gasteiger partial charge in [-0.2, -0.15) is 5.10 Å². The summed E-state index contributed by atoms with van der Waals surface area (Å²) >= 11 is 0. The molecule has 1 N–H and O–H groups in total. The molecular formula is C29H30N4O4. The maximum Gasteiger partial charge on any atom is 0.339 e. The largest absolute Gasteiger partial charge is 0.497 e. The molecule has 8 heteroatoms. The molecule has 0 atom stereocenters. The van der Waals surface area contributed by atoms with Crippen molar-refractivity contribution < 1.29 is 19.1 Å². The molecule has 1 aliphatic carbocycles. The van der Waals surface area contributed by atoms with E-state index >= 15 is 0 Å². The van der Waals surface area contributed by atoms with E-state index in [-0.39, 0.29) is 18.6 Å². The van der Waals surface area contributed by atoms with Gasteiger partial charge in [-0.25, -0.2) is 14.5 Å². The molecule has 0 aliphatic heterocycles. The molecule has 1 amide bonds. The first-order valence-electron chi connectivity index (χ1n) is 12.6. The maximum atomic E-state index is 13.4. The van der Waals surface area contributed by atoms with Crippen molar-refractivity contribution in [3.05, 3.63) is 71.9 Å². The maximum absolute atomic E-state index is 13.4. The summed E-state index contributed by atoms with van der Waals surface area (Å²) in [5, 5.41) is 8.27. The summed E-state index contributed by atoms with van der Waals surface area (Å²) in [5.74, 6) is -0.145. The van der Waals surface area contributed by atoms with Gasteiger partial charge >= 0.3 is 5.97 Å². The van der Waals surface area contributed by atoms with Gasteiger partial charge in [0.15, 0.2) is 12.3 Å². The highest BCUT2D eigenvalue weighted by Crippen LogP contribution is 2.30. The molecule has 37 heavy (non-hydrogen) atoms. The molecule has 2 aromatic carbocycles. The summed E-state index contributed by atoms with van der Waals surface area (Å²) in [5.41, 5.74) is 3.73. The first kappa shape index (κ1) is 24.5. The molecule has 1 aliphatic rings. The zero-order valence-electron chi connectivity index (χ0n) is 21.1. The lowest BCUT2D eigenvalue weighted by Gasteiger charge is -2.22. The molecule has 0 radical (unpaired) electrons. The van der Waals surface area contributed by atoms with Crippen molar-refractivity contribution in [3.63, 3.8) is 0 Å². The molecule has 5 rings (SSSR count). The van der Waals surface area contributed by atoms with Crippen LogP contribution in [-0.4, -0.2) is 46.4 Å². The van der Waals surface area contributed by atoms with Crippen LogP contribution >= 0.6 is 0 Å². The molecule has 190 valence electrons. The molecule has 0 spiro atoms. The van der Waals surface area contributed by atoms with Crippen LogP contribution in [0, 0.1) is 6.92 Å². The highest BCUT2D eigenvalue weighted by molar-refractivity contribution is 6.05. The monoisotopic (exact) mass is 498 g/mol. The number of rotatable bonds is 7. The highest BCUT2D eigenvalue weighted by Gasteiger charge is 2.23. The van der Waals surface area contributed by atoms with E-state index < -0.39 is 5.97 Å². The fourth-order valence-electron chi connectivity index (χ4n) is 4.83. The lowest BCUT2D eigenvalue weighted by atomic mass is 9.95. The van der Waals surface area contributed by atoms with Gasteiger partial charge in [-0.1, -0.05) is 37.5 Å². The lowest BCUT2D eigenvalue weighted by Crippen LogP contribution is -2.38. The van der Waals surface area contributed by atoms with Gasteiger partial charge in [0.05, 0.1) is 35.1 Å². The summed E-state index contributed by atoms with van der Waals surface area (Å²) in [6, 6.07) is 18.9. The van der Waals surface area contributed by atoms with Crippen LogP contribution in [0.4, 0.5) is 0 Å². The van der Waals surface area contributed by atoms with Crippen LogP contribution in [-0.2, 0) is 9.53 Å². The Morgan fingerprint density at radius 1 is 1.03 bits per heavy atom. The van der Waals surface area contributed by atoms with Crippen molar-refractivity contribution in [2.24, 2.45) is 0 Å². The number of aryl methyl sites for hydroxylation is 1. The summed E-state index contributed by atoms with van der Waals surface area (Å²) in [4.78, 5) is 30.7. The van der Waals surface area contributed by atoms with Gasteiger partial charge in [-0.3, -0.25) is 4.79 Å². The minimum atomic E-state index is -0.586. The average Bonchev–Trinajstić information content (AvgIpc) is 3.28. The van der Waals surface area contributed by atoms with Crippen LogP contribution in [0.25, 0.3) is 28.0 Å². The van der Waals surface area contributed by atoms with Gasteiger partial charge < -0.3 is 14.8 Å². The van der Waals surface area contributed by atoms with Gasteiger partial charge in [-0.05, 0) is 62.2 Å². The van der Waals surface area contributed by atoms with Crippen molar-refractivity contribution in [1.82, 2.24) is 20.1 Å². The third-order valence-electron chi connectivity index (χ3n) is 6.72. The Morgan fingerprint density at radius 2 is 1.76 bits per heavy atom. The fourth-order valence-corrected chi connectivity index (χ4v) is 4.83. The Bertz CT molecular complexity index is 1410. The van der Waals surface area contributed by atoms with Crippen LogP contribution in [0.3, 0.4) is 0 Å². The first-order valence-corrected chi connectivity index (χ1v) is 12.6. The number of methoxy groups -OCH3 is 1. The van der Waals surface area contributed by atoms with Crippen molar-refractivity contribution in [2.75, 3.05) is 13.7 Å². The van der Waals surface area contributed by atoms with Crippen molar-refractivity contribution in [3.8, 4) is 22.7 Å². The molecule has 2 heterocycles. The number of benzene rings is 2. The number of esters is 1. The van der Waals surface area contributed by atoms with Gasteiger partial charge in [0, 0.05) is 11.6 Å². The van der Waals surface area contributed by atoms with Crippen LogP contribution < -0.4 is 10.1 Å². The Labute approximate surface area is 215 Å². The van der Waals surface area contributed by atoms with Gasteiger partial charge in [0.1, 0.15) is 5.75 Å². The number of nitrogens with one attached hydrogen (secondary N) is 1. The van der Waals surface area contributed by atoms with Crippen LogP contribution in [0.2, 0.25) is 0 Å². The number of aromatic nitrogens is 3. The second kappa shape index (κ2) is 10.8. The van der Waals surface area contributed by atoms with Gasteiger partial charge in [0.25, 0.3) is 5.91 Å². The Morgan fingerprint density at radius 3 is 2.46 bits per heavy atom. The van der Waals surface area contributed by atoms with Crippen LogP contribution in [0.5, 0.6) is 5.75 Å². The quantitative estimate of drug-likeness (QED) is 0.360. The van der Waals surface area contributed by atoms with Crippen molar-refractivity contribution in [2.45, 2.75) is 45.1 Å². The average molecular weight is 499 g/mol. The van der Waals surface area contributed by atoms with Crippen LogP contribution in [0.1, 0.15) is 48.2 Å². The summed E-state index contributed by atoms with van der Waals surface area (Å²) in [7, 11) is 1.61. The molecule has 0 bridgehead atoms. The number of pyridine rings is 1. The van der Waals surface area contributed by atoms with E-state index in [4.69, 9.17) is 14.5 Å². The summed E-state index contributed by atoms with van der Waals surface area (Å²) in [6.45, 7) is 1.51. The topological polar surface area (TPSA) is 95.3 Å². The van der Waals surface area contributed by atoms with E-state index in [1.165, 1.54) is 6.42 Å². The standard InChI is InChI=1S/C29H30N4O4/c1-19-27-24(29(35)37-18-26(34)30-21-9-5-3-6-10-21)17-25(20-13-15-23(36-2)16-14-20)31-28(27)33(32-19)22-11-7-4-8-12-22/h4,7-8,11-17,21H,3,5-6,9-10,18H2,1-2H3,(H,30,34). The van der Waals surface area contributed by atoms with Crippen molar-refractivity contribution >= 4 is 22.9 Å². The van der Waals surface area contributed by atoms with Gasteiger partial charge in [-0.15, -0.1) is 0 Å².